The Labute approximate surface area is 231 Å². The Morgan fingerprint density at radius 2 is 1.90 bits per heavy atom. The molecule has 2 atom stereocenters. The van der Waals surface area contributed by atoms with Crippen LogP contribution >= 0.6 is 11.8 Å². The first-order chi connectivity index (χ1) is 19.0. The third kappa shape index (κ3) is 5.23. The molecular formula is C32H30N2O4S. The van der Waals surface area contributed by atoms with Crippen LogP contribution < -0.4 is 16.3 Å². The highest BCUT2D eigenvalue weighted by Crippen LogP contribution is 2.50. The molecule has 2 aromatic rings. The highest BCUT2D eigenvalue weighted by molar-refractivity contribution is 7.99. The number of hydrogen-bond donors (Lipinski definition) is 2. The lowest BCUT2D eigenvalue weighted by Gasteiger charge is -2.40. The summed E-state index contributed by atoms with van der Waals surface area (Å²) in [6.07, 6.45) is 18.3. The van der Waals surface area contributed by atoms with E-state index in [4.69, 9.17) is 4.42 Å². The minimum atomic E-state index is -0.428. The molecule has 0 bridgehead atoms. The van der Waals surface area contributed by atoms with Gasteiger partial charge in [0.2, 0.25) is 11.8 Å². The van der Waals surface area contributed by atoms with Crippen LogP contribution in [0.5, 0.6) is 0 Å². The summed E-state index contributed by atoms with van der Waals surface area (Å²) in [6, 6.07) is 6.63. The van der Waals surface area contributed by atoms with Gasteiger partial charge in [0, 0.05) is 53.6 Å². The van der Waals surface area contributed by atoms with Crippen molar-refractivity contribution in [3.05, 3.63) is 111 Å². The van der Waals surface area contributed by atoms with Crippen molar-refractivity contribution in [3.8, 4) is 0 Å². The molecule has 2 N–H and O–H groups in total. The quantitative estimate of drug-likeness (QED) is 0.249. The van der Waals surface area contributed by atoms with E-state index < -0.39 is 5.63 Å². The van der Waals surface area contributed by atoms with E-state index in [0.717, 1.165) is 29.5 Å². The fraction of sp³-hybridized carbons (Fsp3) is 0.281. The number of thioether (sulfide) groups is 1. The maximum Gasteiger partial charge on any atom is 0.336 e. The molecule has 0 radical (unpaired) electrons. The summed E-state index contributed by atoms with van der Waals surface area (Å²) < 4.78 is 5.24. The lowest BCUT2D eigenvalue weighted by Crippen LogP contribution is -2.28. The van der Waals surface area contributed by atoms with Crippen molar-refractivity contribution >= 4 is 40.2 Å². The largest absolute Gasteiger partial charge is 0.423 e. The highest BCUT2D eigenvalue weighted by atomic mass is 32.2. The van der Waals surface area contributed by atoms with E-state index in [9.17, 15) is 14.4 Å². The summed E-state index contributed by atoms with van der Waals surface area (Å²) in [5.41, 5.74) is 8.56. The van der Waals surface area contributed by atoms with Crippen LogP contribution in [-0.2, 0) is 9.59 Å². The molecule has 1 heterocycles. The summed E-state index contributed by atoms with van der Waals surface area (Å²) in [4.78, 5) is 36.4. The lowest BCUT2D eigenvalue weighted by atomic mass is 9.64. The summed E-state index contributed by atoms with van der Waals surface area (Å²) in [5.74, 6) is 1.82. The van der Waals surface area contributed by atoms with E-state index in [1.165, 1.54) is 33.9 Å². The molecule has 6 nitrogen and oxygen atoms in total. The summed E-state index contributed by atoms with van der Waals surface area (Å²) in [5, 5.41) is 6.52. The molecule has 7 heteroatoms. The number of carbonyl (C=O) groups excluding carboxylic acids is 2. The van der Waals surface area contributed by atoms with Gasteiger partial charge in [-0.1, -0.05) is 48.1 Å². The van der Waals surface area contributed by atoms with Gasteiger partial charge >= 0.3 is 5.63 Å². The number of amides is 2. The van der Waals surface area contributed by atoms with Gasteiger partial charge in [-0.15, -0.1) is 11.8 Å². The van der Waals surface area contributed by atoms with Crippen molar-refractivity contribution < 1.29 is 14.0 Å². The van der Waals surface area contributed by atoms with Gasteiger partial charge in [-0.25, -0.2) is 4.79 Å². The second-order valence-corrected chi connectivity index (χ2v) is 11.3. The van der Waals surface area contributed by atoms with Crippen LogP contribution in [0.1, 0.15) is 31.2 Å². The second-order valence-electron chi connectivity index (χ2n) is 10.3. The summed E-state index contributed by atoms with van der Waals surface area (Å²) >= 11 is 1.69. The zero-order chi connectivity index (χ0) is 26.9. The number of allylic oxidation sites excluding steroid dienone is 11. The van der Waals surface area contributed by atoms with Crippen molar-refractivity contribution in [1.82, 2.24) is 5.32 Å². The number of carbonyl (C=O) groups is 2. The van der Waals surface area contributed by atoms with Crippen LogP contribution in [0.2, 0.25) is 0 Å². The van der Waals surface area contributed by atoms with Gasteiger partial charge in [0.15, 0.2) is 0 Å². The predicted octanol–water partition coefficient (Wildman–Crippen LogP) is 5.88. The van der Waals surface area contributed by atoms with Crippen LogP contribution in [-0.4, -0.2) is 23.4 Å². The molecule has 0 spiro atoms. The maximum atomic E-state index is 12.4. The van der Waals surface area contributed by atoms with E-state index in [-0.39, 0.29) is 24.7 Å². The second kappa shape index (κ2) is 10.7. The van der Waals surface area contributed by atoms with E-state index >= 15 is 0 Å². The van der Waals surface area contributed by atoms with Gasteiger partial charge < -0.3 is 15.1 Å². The molecular weight excluding hydrogens is 508 g/mol. The van der Waals surface area contributed by atoms with Crippen molar-refractivity contribution in [2.24, 2.45) is 11.8 Å². The summed E-state index contributed by atoms with van der Waals surface area (Å²) in [7, 11) is 0. The number of aryl methyl sites for hydroxylation is 1. The predicted molar refractivity (Wildman–Crippen MR) is 156 cm³/mol. The Bertz CT molecular complexity index is 1620. The molecule has 1 aromatic heterocycles. The highest BCUT2D eigenvalue weighted by Gasteiger charge is 2.37. The minimum Gasteiger partial charge on any atom is -0.423 e. The molecule has 6 rings (SSSR count). The van der Waals surface area contributed by atoms with E-state index in [0.29, 0.717) is 29.0 Å². The van der Waals surface area contributed by atoms with Crippen molar-refractivity contribution in [3.63, 3.8) is 0 Å². The van der Waals surface area contributed by atoms with Crippen LogP contribution in [0.3, 0.4) is 0 Å². The molecule has 4 aliphatic rings. The average Bonchev–Trinajstić information content (AvgIpc) is 2.93. The number of hydrogen-bond acceptors (Lipinski definition) is 5. The topological polar surface area (TPSA) is 88.4 Å². The Morgan fingerprint density at radius 3 is 2.79 bits per heavy atom. The SMILES string of the molecule is Cc1cc(=O)oc2cc(NC(=O)CCC(=O)NCSCC3=C4CC=C5CC=CC6=C5C4C(C=C6)C=C3)ccc12. The van der Waals surface area contributed by atoms with E-state index in [1.54, 1.807) is 30.0 Å². The lowest BCUT2D eigenvalue weighted by molar-refractivity contribution is -0.124. The first-order valence-electron chi connectivity index (χ1n) is 13.3. The Balaban J connectivity index is 0.979. The number of anilines is 1. The van der Waals surface area contributed by atoms with Crippen LogP contribution in [0, 0.1) is 18.8 Å². The van der Waals surface area contributed by atoms with Gasteiger partial charge in [-0.2, -0.15) is 0 Å². The van der Waals surface area contributed by atoms with Gasteiger partial charge in [0.05, 0.1) is 5.88 Å². The standard InChI is InChI=1S/C32H30N2O4S/c1-19-15-30(37)38-27-16-24(10-12-25(19)27)34-29(36)14-13-28(35)33-18-39-17-23-8-7-22-6-5-20-3-2-4-21-9-11-26(23)32(22)31(20)21/h2-3,5-10,12,15-16,22,32H,4,11,13-14,17-18H2,1H3,(H,33,35)(H,34,36). The van der Waals surface area contributed by atoms with Gasteiger partial charge in [0.25, 0.3) is 0 Å². The maximum absolute atomic E-state index is 12.4. The van der Waals surface area contributed by atoms with Gasteiger partial charge in [0.1, 0.15) is 5.58 Å². The third-order valence-corrected chi connectivity index (χ3v) is 8.67. The first-order valence-corrected chi connectivity index (χ1v) is 14.5. The molecule has 4 aliphatic carbocycles. The fourth-order valence-electron chi connectivity index (χ4n) is 5.92. The van der Waals surface area contributed by atoms with Crippen molar-refractivity contribution in [2.45, 2.75) is 32.6 Å². The minimum absolute atomic E-state index is 0.0709. The Hall–Kier alpha value is -3.84. The monoisotopic (exact) mass is 538 g/mol. The molecule has 0 saturated heterocycles. The summed E-state index contributed by atoms with van der Waals surface area (Å²) in [6.45, 7) is 1.84. The number of benzene rings is 1. The zero-order valence-electron chi connectivity index (χ0n) is 21.8. The average molecular weight is 539 g/mol. The first kappa shape index (κ1) is 25.4. The molecule has 1 aromatic carbocycles. The molecule has 0 aliphatic heterocycles. The van der Waals surface area contributed by atoms with Crippen LogP contribution in [0.15, 0.2) is 104 Å². The van der Waals surface area contributed by atoms with Crippen LogP contribution in [0.4, 0.5) is 5.69 Å². The van der Waals surface area contributed by atoms with Crippen molar-refractivity contribution in [1.29, 1.82) is 0 Å². The smallest absolute Gasteiger partial charge is 0.336 e. The van der Waals surface area contributed by atoms with Crippen LogP contribution in [0.25, 0.3) is 11.0 Å². The molecule has 2 unspecified atom stereocenters. The van der Waals surface area contributed by atoms with E-state index in [2.05, 4.69) is 53.2 Å². The molecule has 0 saturated carbocycles. The number of rotatable bonds is 8. The third-order valence-electron chi connectivity index (χ3n) is 7.81. The van der Waals surface area contributed by atoms with Gasteiger partial charge in [-0.3, -0.25) is 9.59 Å². The molecule has 198 valence electrons. The molecule has 39 heavy (non-hydrogen) atoms. The normalized spacial score (nSPS) is 20.7. The molecule has 0 fully saturated rings. The number of fused-ring (bicyclic) bond motifs is 1. The van der Waals surface area contributed by atoms with Gasteiger partial charge in [-0.05, 0) is 59.8 Å². The van der Waals surface area contributed by atoms with Crippen molar-refractivity contribution in [2.75, 3.05) is 16.9 Å². The van der Waals surface area contributed by atoms with E-state index in [1.807, 2.05) is 6.92 Å². The Kier molecular flexibility index (Phi) is 7.00. The molecule has 2 amide bonds. The fourth-order valence-corrected chi connectivity index (χ4v) is 6.78. The Morgan fingerprint density at radius 1 is 1.05 bits per heavy atom. The zero-order valence-corrected chi connectivity index (χ0v) is 22.6. The number of nitrogens with one attached hydrogen (secondary N) is 2.